The Morgan fingerprint density at radius 3 is 2.65 bits per heavy atom. The normalized spacial score (nSPS) is 11.1. The van der Waals surface area contributed by atoms with Gasteiger partial charge in [0.05, 0.1) is 18.2 Å². The molecule has 1 aromatic heterocycles. The van der Waals surface area contributed by atoms with E-state index in [-0.39, 0.29) is 28.8 Å². The molecule has 0 unspecified atom stereocenters. The second kappa shape index (κ2) is 5.36. The van der Waals surface area contributed by atoms with Crippen LogP contribution in [0.4, 0.5) is 13.2 Å². The first-order valence-corrected chi connectivity index (χ1v) is 5.67. The molecule has 0 aromatic carbocycles. The highest BCUT2D eigenvalue weighted by atomic mass is 79.9. The maximum absolute atomic E-state index is 12.3. The molecule has 0 saturated heterocycles. The summed E-state index contributed by atoms with van der Waals surface area (Å²) in [5.74, 6) is -0.379. The number of hydrogen-bond acceptors (Lipinski definition) is 3. The number of alkyl halides is 4. The van der Waals surface area contributed by atoms with Crippen molar-refractivity contribution in [3.63, 3.8) is 0 Å². The van der Waals surface area contributed by atoms with Crippen molar-refractivity contribution in [2.45, 2.75) is 25.0 Å². The van der Waals surface area contributed by atoms with Crippen LogP contribution in [0.2, 0.25) is 0 Å². The van der Waals surface area contributed by atoms with Crippen LogP contribution in [0.3, 0.4) is 0 Å². The van der Waals surface area contributed by atoms with Crippen LogP contribution in [0.15, 0.2) is 6.20 Å². The van der Waals surface area contributed by atoms with Crippen LogP contribution in [0, 0.1) is 18.3 Å². The van der Waals surface area contributed by atoms with Gasteiger partial charge in [0.15, 0.2) is 5.75 Å². The highest BCUT2D eigenvalue weighted by Gasteiger charge is 2.33. The Kier molecular flexibility index (Phi) is 4.34. The molecule has 0 spiro atoms. The van der Waals surface area contributed by atoms with E-state index in [2.05, 4.69) is 25.7 Å². The SMILES string of the molecule is Cc1cnc(CBr)c(OC(F)(F)F)c1CC#N. The van der Waals surface area contributed by atoms with Gasteiger partial charge in [0.2, 0.25) is 0 Å². The zero-order chi connectivity index (χ0) is 13.1. The molecule has 3 nitrogen and oxygen atoms in total. The molecule has 0 radical (unpaired) electrons. The quantitative estimate of drug-likeness (QED) is 0.805. The molecule has 0 fully saturated rings. The van der Waals surface area contributed by atoms with Gasteiger partial charge in [-0.25, -0.2) is 0 Å². The molecule has 0 bridgehead atoms. The van der Waals surface area contributed by atoms with Crippen molar-refractivity contribution in [3.05, 3.63) is 23.0 Å². The maximum Gasteiger partial charge on any atom is 0.573 e. The van der Waals surface area contributed by atoms with Crippen molar-refractivity contribution in [2.75, 3.05) is 0 Å². The molecule has 7 heteroatoms. The van der Waals surface area contributed by atoms with Gasteiger partial charge in [-0.2, -0.15) is 5.26 Å². The summed E-state index contributed by atoms with van der Waals surface area (Å²) in [6, 6.07) is 1.81. The van der Waals surface area contributed by atoms with Gasteiger partial charge in [-0.05, 0) is 12.5 Å². The van der Waals surface area contributed by atoms with Gasteiger partial charge in [0.1, 0.15) is 0 Å². The number of nitrogens with zero attached hydrogens (tertiary/aromatic N) is 2. The van der Waals surface area contributed by atoms with Crippen LogP contribution < -0.4 is 4.74 Å². The Morgan fingerprint density at radius 1 is 1.53 bits per heavy atom. The molecule has 1 rings (SSSR count). The Balaban J connectivity index is 3.30. The third-order valence-electron chi connectivity index (χ3n) is 2.03. The molecule has 0 aliphatic carbocycles. The number of nitriles is 1. The lowest BCUT2D eigenvalue weighted by molar-refractivity contribution is -0.275. The van der Waals surface area contributed by atoms with Crippen molar-refractivity contribution in [1.29, 1.82) is 5.26 Å². The molecule has 92 valence electrons. The van der Waals surface area contributed by atoms with Crippen LogP contribution in [-0.2, 0) is 11.8 Å². The largest absolute Gasteiger partial charge is 0.573 e. The third kappa shape index (κ3) is 3.60. The minimum absolute atomic E-state index is 0.122. The zero-order valence-corrected chi connectivity index (χ0v) is 10.4. The van der Waals surface area contributed by atoms with Gasteiger partial charge in [0.25, 0.3) is 0 Å². The summed E-state index contributed by atoms with van der Waals surface area (Å²) in [5, 5.41) is 8.73. The molecule has 17 heavy (non-hydrogen) atoms. The van der Waals surface area contributed by atoms with E-state index >= 15 is 0 Å². The van der Waals surface area contributed by atoms with Crippen molar-refractivity contribution in [2.24, 2.45) is 0 Å². The molecule has 0 N–H and O–H groups in total. The summed E-state index contributed by atoms with van der Waals surface area (Å²) >= 11 is 3.03. The van der Waals surface area contributed by atoms with Crippen molar-refractivity contribution >= 4 is 15.9 Å². The third-order valence-corrected chi connectivity index (χ3v) is 2.56. The van der Waals surface area contributed by atoms with E-state index in [4.69, 9.17) is 5.26 Å². The van der Waals surface area contributed by atoms with E-state index in [1.807, 2.05) is 6.07 Å². The molecule has 1 aromatic rings. The minimum atomic E-state index is -4.80. The average molecular weight is 309 g/mol. The van der Waals surface area contributed by atoms with Gasteiger partial charge in [-0.1, -0.05) is 15.9 Å². The van der Waals surface area contributed by atoms with Crippen LogP contribution in [0.5, 0.6) is 5.75 Å². The van der Waals surface area contributed by atoms with Crippen molar-refractivity contribution in [1.82, 2.24) is 4.98 Å². The lowest BCUT2D eigenvalue weighted by atomic mass is 10.1. The monoisotopic (exact) mass is 308 g/mol. The molecular weight excluding hydrogens is 301 g/mol. The first-order chi connectivity index (χ1) is 7.89. The lowest BCUT2D eigenvalue weighted by Gasteiger charge is -2.16. The number of pyridine rings is 1. The number of hydrogen-bond donors (Lipinski definition) is 0. The van der Waals surface area contributed by atoms with Crippen LogP contribution in [0.1, 0.15) is 16.8 Å². The Labute approximate surface area is 104 Å². The number of aryl methyl sites for hydroxylation is 1. The zero-order valence-electron chi connectivity index (χ0n) is 8.81. The van der Waals surface area contributed by atoms with Crippen LogP contribution >= 0.6 is 15.9 Å². The maximum atomic E-state index is 12.3. The topological polar surface area (TPSA) is 45.9 Å². The lowest BCUT2D eigenvalue weighted by Crippen LogP contribution is -2.20. The number of rotatable bonds is 3. The Hall–Kier alpha value is -1.29. The van der Waals surface area contributed by atoms with Crippen molar-refractivity contribution < 1.29 is 17.9 Å². The van der Waals surface area contributed by atoms with Gasteiger partial charge >= 0.3 is 6.36 Å². The fraction of sp³-hybridized carbons (Fsp3) is 0.400. The Bertz CT molecular complexity index is 454. The second-order valence-corrected chi connectivity index (χ2v) is 3.77. The van der Waals surface area contributed by atoms with Gasteiger partial charge in [0, 0.05) is 17.1 Å². The van der Waals surface area contributed by atoms with E-state index in [1.165, 1.54) is 6.20 Å². The number of ether oxygens (including phenoxy) is 1. The molecule has 0 atom stereocenters. The molecule has 0 aliphatic heterocycles. The summed E-state index contributed by atoms with van der Waals surface area (Å²) in [4.78, 5) is 3.84. The molecular formula is C10H8BrF3N2O. The smallest absolute Gasteiger partial charge is 0.403 e. The highest BCUT2D eigenvalue weighted by molar-refractivity contribution is 9.08. The van der Waals surface area contributed by atoms with Gasteiger partial charge < -0.3 is 4.74 Å². The Morgan fingerprint density at radius 2 is 2.18 bits per heavy atom. The van der Waals surface area contributed by atoms with E-state index < -0.39 is 6.36 Å². The summed E-state index contributed by atoms with van der Waals surface area (Å²) < 4.78 is 40.7. The first-order valence-electron chi connectivity index (χ1n) is 4.55. The van der Waals surface area contributed by atoms with E-state index in [1.54, 1.807) is 6.92 Å². The van der Waals surface area contributed by atoms with E-state index in [0.29, 0.717) is 5.56 Å². The van der Waals surface area contributed by atoms with E-state index in [0.717, 1.165) is 0 Å². The van der Waals surface area contributed by atoms with Gasteiger partial charge in [-0.3, -0.25) is 4.98 Å². The molecule has 0 amide bonds. The summed E-state index contributed by atoms with van der Waals surface area (Å²) in [7, 11) is 0. The van der Waals surface area contributed by atoms with E-state index in [9.17, 15) is 13.2 Å². The molecule has 0 aliphatic rings. The number of aromatic nitrogens is 1. The van der Waals surface area contributed by atoms with Crippen LogP contribution in [-0.4, -0.2) is 11.3 Å². The minimum Gasteiger partial charge on any atom is -0.403 e. The highest BCUT2D eigenvalue weighted by Crippen LogP contribution is 2.32. The van der Waals surface area contributed by atoms with Gasteiger partial charge in [-0.15, -0.1) is 13.2 Å². The average Bonchev–Trinajstić information content (AvgIpc) is 2.22. The summed E-state index contributed by atoms with van der Waals surface area (Å²) in [6.07, 6.45) is -3.52. The second-order valence-electron chi connectivity index (χ2n) is 3.21. The number of halogens is 4. The fourth-order valence-electron chi connectivity index (χ4n) is 1.29. The summed E-state index contributed by atoms with van der Waals surface area (Å²) in [6.45, 7) is 1.58. The molecule has 1 heterocycles. The van der Waals surface area contributed by atoms with Crippen molar-refractivity contribution in [3.8, 4) is 11.8 Å². The fourth-order valence-corrected chi connectivity index (χ4v) is 1.69. The molecule has 0 saturated carbocycles. The predicted octanol–water partition coefficient (Wildman–Crippen LogP) is 3.25. The summed E-state index contributed by atoms with van der Waals surface area (Å²) in [5.41, 5.74) is 0.836. The van der Waals surface area contributed by atoms with Crippen LogP contribution in [0.25, 0.3) is 0 Å². The standard InChI is InChI=1S/C10H8BrF3N2O/c1-6-5-16-8(4-11)9(7(6)2-3-15)17-10(12,13)14/h5H,2,4H2,1H3. The first kappa shape index (κ1) is 13.8. The predicted molar refractivity (Wildman–Crippen MR) is 57.6 cm³/mol.